The van der Waals surface area contributed by atoms with Gasteiger partial charge in [-0.25, -0.2) is 0 Å². The van der Waals surface area contributed by atoms with E-state index in [0.29, 0.717) is 18.3 Å². The van der Waals surface area contributed by atoms with Gasteiger partial charge in [0, 0.05) is 18.8 Å². The number of amides is 1. The van der Waals surface area contributed by atoms with Gasteiger partial charge in [-0.2, -0.15) is 5.10 Å². The molecule has 1 amide bonds. The average molecular weight is 250 g/mol. The molecule has 0 radical (unpaired) electrons. The van der Waals surface area contributed by atoms with E-state index in [1.165, 1.54) is 19.3 Å². The van der Waals surface area contributed by atoms with Crippen molar-refractivity contribution in [2.24, 2.45) is 5.73 Å². The molecule has 5 nitrogen and oxygen atoms in total. The van der Waals surface area contributed by atoms with Crippen molar-refractivity contribution in [1.29, 1.82) is 0 Å². The summed E-state index contributed by atoms with van der Waals surface area (Å²) < 4.78 is 0. The Morgan fingerprint density at radius 1 is 1.44 bits per heavy atom. The Morgan fingerprint density at radius 3 is 2.83 bits per heavy atom. The lowest BCUT2D eigenvalue weighted by molar-refractivity contribution is 0.0626. The highest BCUT2D eigenvalue weighted by Crippen LogP contribution is 2.23. The zero-order valence-corrected chi connectivity index (χ0v) is 10.8. The number of aromatic nitrogens is 2. The molecule has 1 aromatic heterocycles. The van der Waals surface area contributed by atoms with Crippen LogP contribution < -0.4 is 5.73 Å². The molecule has 0 saturated heterocycles. The van der Waals surface area contributed by atoms with Crippen molar-refractivity contribution in [1.82, 2.24) is 15.1 Å². The zero-order valence-electron chi connectivity index (χ0n) is 10.8. The molecule has 1 aliphatic carbocycles. The second-order valence-electron chi connectivity index (χ2n) is 4.90. The topological polar surface area (TPSA) is 75.0 Å². The number of aromatic amines is 1. The van der Waals surface area contributed by atoms with E-state index in [2.05, 4.69) is 10.2 Å². The Bertz CT molecular complexity index is 357. The second-order valence-corrected chi connectivity index (χ2v) is 4.90. The van der Waals surface area contributed by atoms with Gasteiger partial charge in [-0.3, -0.25) is 9.89 Å². The molecule has 0 unspecified atom stereocenters. The summed E-state index contributed by atoms with van der Waals surface area (Å²) in [5.74, 6) is 0.0628. The fourth-order valence-corrected chi connectivity index (χ4v) is 2.63. The number of rotatable bonds is 5. The normalized spacial score (nSPS) is 16.7. The molecule has 5 heteroatoms. The first-order chi connectivity index (χ1) is 8.83. The number of carbonyl (C=O) groups excluding carboxylic acids is 1. The van der Waals surface area contributed by atoms with Crippen molar-refractivity contribution in [3.8, 4) is 0 Å². The first-order valence-electron chi connectivity index (χ1n) is 6.83. The molecule has 0 aliphatic heterocycles. The summed E-state index contributed by atoms with van der Waals surface area (Å²) in [6, 6.07) is 2.11. The summed E-state index contributed by atoms with van der Waals surface area (Å²) in [6.45, 7) is 1.37. The van der Waals surface area contributed by atoms with Crippen molar-refractivity contribution in [2.75, 3.05) is 13.1 Å². The quantitative estimate of drug-likeness (QED) is 0.832. The molecule has 1 aromatic rings. The summed E-state index contributed by atoms with van der Waals surface area (Å²) in [7, 11) is 0. The van der Waals surface area contributed by atoms with Gasteiger partial charge in [0.15, 0.2) is 0 Å². The van der Waals surface area contributed by atoms with Crippen LogP contribution in [0.4, 0.5) is 0 Å². The highest BCUT2D eigenvalue weighted by Gasteiger charge is 2.26. The van der Waals surface area contributed by atoms with Crippen LogP contribution in [0.25, 0.3) is 0 Å². The van der Waals surface area contributed by atoms with Gasteiger partial charge in [0.1, 0.15) is 5.69 Å². The Morgan fingerprint density at radius 2 is 2.22 bits per heavy atom. The van der Waals surface area contributed by atoms with Crippen LogP contribution in [0.15, 0.2) is 12.3 Å². The summed E-state index contributed by atoms with van der Waals surface area (Å²) in [5, 5.41) is 6.61. The van der Waals surface area contributed by atoms with Gasteiger partial charge in [0.05, 0.1) is 0 Å². The van der Waals surface area contributed by atoms with Crippen molar-refractivity contribution in [3.63, 3.8) is 0 Å². The molecule has 100 valence electrons. The Hall–Kier alpha value is -1.36. The van der Waals surface area contributed by atoms with E-state index in [1.54, 1.807) is 12.3 Å². The van der Waals surface area contributed by atoms with Crippen LogP contribution in [0, 0.1) is 0 Å². The molecular formula is C13H22N4O. The Labute approximate surface area is 108 Å². The van der Waals surface area contributed by atoms with Crippen LogP contribution >= 0.6 is 0 Å². The van der Waals surface area contributed by atoms with E-state index in [-0.39, 0.29) is 5.91 Å². The lowest BCUT2D eigenvalue weighted by Crippen LogP contribution is -2.42. The predicted octanol–water partition coefficient (Wildman–Crippen LogP) is 1.53. The number of nitrogens with zero attached hydrogens (tertiary/aromatic N) is 2. The summed E-state index contributed by atoms with van der Waals surface area (Å²) in [4.78, 5) is 14.4. The minimum absolute atomic E-state index is 0.0628. The third-order valence-electron chi connectivity index (χ3n) is 3.61. The van der Waals surface area contributed by atoms with Crippen LogP contribution in [-0.4, -0.2) is 40.1 Å². The van der Waals surface area contributed by atoms with E-state index in [0.717, 1.165) is 25.8 Å². The van der Waals surface area contributed by atoms with Gasteiger partial charge in [-0.1, -0.05) is 19.3 Å². The van der Waals surface area contributed by atoms with E-state index < -0.39 is 0 Å². The molecule has 0 spiro atoms. The van der Waals surface area contributed by atoms with Crippen molar-refractivity contribution in [3.05, 3.63) is 18.0 Å². The highest BCUT2D eigenvalue weighted by atomic mass is 16.2. The van der Waals surface area contributed by atoms with Crippen LogP contribution in [-0.2, 0) is 0 Å². The number of H-pyrrole nitrogens is 1. The standard InChI is InChI=1S/C13H22N4O/c14-8-4-10-17(11-5-2-1-3-6-11)13(18)12-7-9-15-16-12/h7,9,11H,1-6,8,10,14H2,(H,15,16). The number of nitrogens with one attached hydrogen (secondary N) is 1. The van der Waals surface area contributed by atoms with Crippen LogP contribution in [0.1, 0.15) is 49.0 Å². The molecule has 0 atom stereocenters. The smallest absolute Gasteiger partial charge is 0.272 e. The van der Waals surface area contributed by atoms with E-state index in [9.17, 15) is 4.79 Å². The Balaban J connectivity index is 2.05. The van der Waals surface area contributed by atoms with Gasteiger partial charge in [0.2, 0.25) is 0 Å². The van der Waals surface area contributed by atoms with Gasteiger partial charge >= 0.3 is 0 Å². The maximum atomic E-state index is 12.4. The molecule has 1 fully saturated rings. The molecule has 3 N–H and O–H groups in total. The monoisotopic (exact) mass is 250 g/mol. The fraction of sp³-hybridized carbons (Fsp3) is 0.692. The van der Waals surface area contributed by atoms with Crippen molar-refractivity contribution in [2.45, 2.75) is 44.6 Å². The SMILES string of the molecule is NCCCN(C(=O)c1ccn[nH]1)C1CCCCC1. The maximum absolute atomic E-state index is 12.4. The summed E-state index contributed by atoms with van der Waals surface area (Å²) >= 11 is 0. The lowest BCUT2D eigenvalue weighted by Gasteiger charge is -2.34. The molecule has 2 rings (SSSR count). The fourth-order valence-electron chi connectivity index (χ4n) is 2.63. The van der Waals surface area contributed by atoms with E-state index in [1.807, 2.05) is 4.90 Å². The molecule has 0 bridgehead atoms. The van der Waals surface area contributed by atoms with Crippen molar-refractivity contribution < 1.29 is 4.79 Å². The molecule has 1 heterocycles. The third kappa shape index (κ3) is 3.10. The highest BCUT2D eigenvalue weighted by molar-refractivity contribution is 5.92. The lowest BCUT2D eigenvalue weighted by atomic mass is 9.94. The molecule has 1 aliphatic rings. The van der Waals surface area contributed by atoms with E-state index in [4.69, 9.17) is 5.73 Å². The van der Waals surface area contributed by atoms with Crippen LogP contribution in [0.3, 0.4) is 0 Å². The number of carbonyl (C=O) groups is 1. The van der Waals surface area contributed by atoms with E-state index >= 15 is 0 Å². The first-order valence-corrected chi connectivity index (χ1v) is 6.83. The zero-order chi connectivity index (χ0) is 12.8. The second kappa shape index (κ2) is 6.54. The number of hydrogen-bond donors (Lipinski definition) is 2. The van der Waals surface area contributed by atoms with Gasteiger partial charge in [0.25, 0.3) is 5.91 Å². The Kier molecular flexibility index (Phi) is 4.75. The minimum atomic E-state index is 0.0628. The largest absolute Gasteiger partial charge is 0.334 e. The first kappa shape index (κ1) is 13.1. The minimum Gasteiger partial charge on any atom is -0.334 e. The van der Waals surface area contributed by atoms with Crippen LogP contribution in [0.2, 0.25) is 0 Å². The van der Waals surface area contributed by atoms with Gasteiger partial charge < -0.3 is 10.6 Å². The third-order valence-corrected chi connectivity index (χ3v) is 3.61. The summed E-state index contributed by atoms with van der Waals surface area (Å²) in [5.41, 5.74) is 6.15. The van der Waals surface area contributed by atoms with Crippen molar-refractivity contribution >= 4 is 5.91 Å². The predicted molar refractivity (Wildman–Crippen MR) is 70.2 cm³/mol. The van der Waals surface area contributed by atoms with Gasteiger partial charge in [-0.15, -0.1) is 0 Å². The summed E-state index contributed by atoms with van der Waals surface area (Å²) in [6.07, 6.45) is 8.44. The van der Waals surface area contributed by atoms with Gasteiger partial charge in [-0.05, 0) is 31.9 Å². The maximum Gasteiger partial charge on any atom is 0.272 e. The number of hydrogen-bond acceptors (Lipinski definition) is 3. The number of nitrogens with two attached hydrogens (primary N) is 1. The molecule has 1 saturated carbocycles. The van der Waals surface area contributed by atoms with Crippen LogP contribution in [0.5, 0.6) is 0 Å². The molecular weight excluding hydrogens is 228 g/mol. The molecule has 0 aromatic carbocycles. The average Bonchev–Trinajstić information content (AvgIpc) is 2.94. The molecule has 18 heavy (non-hydrogen) atoms.